The molecule has 0 aliphatic carbocycles. The average molecular weight is 1190 g/mol. The molecular weight excluding hydrogens is 1070 g/mol. The lowest BCUT2D eigenvalue weighted by Crippen LogP contribution is -2.61. The van der Waals surface area contributed by atoms with Crippen LogP contribution in [0.2, 0.25) is 0 Å². The van der Waals surface area contributed by atoms with Crippen LogP contribution in [0.25, 0.3) is 0 Å². The number of aliphatic carboxylic acids is 1. The van der Waals surface area contributed by atoms with Crippen LogP contribution in [0.15, 0.2) is 122 Å². The molecule has 0 aromatic carbocycles. The largest absolute Gasteiger partial charge is 0.479 e. The fourth-order valence-corrected chi connectivity index (χ4v) is 9.50. The van der Waals surface area contributed by atoms with E-state index in [1.54, 1.807) is 0 Å². The Hall–Kier alpha value is -4.88. The van der Waals surface area contributed by atoms with Crippen LogP contribution in [0, 0.1) is 0 Å². The molecule has 85 heavy (non-hydrogen) atoms. The van der Waals surface area contributed by atoms with Crippen LogP contribution in [-0.2, 0) is 42.9 Å². The molecule has 12 heteroatoms. The van der Waals surface area contributed by atoms with E-state index >= 15 is 0 Å². The van der Waals surface area contributed by atoms with Crippen molar-refractivity contribution in [3.63, 3.8) is 0 Å². The monoisotopic (exact) mass is 1190 g/mol. The van der Waals surface area contributed by atoms with Gasteiger partial charge in [0.15, 0.2) is 24.6 Å². The first-order chi connectivity index (χ1) is 41.6. The topological polar surface area (TPSA) is 175 Å². The number of carboxylic acid groups (broad SMARTS) is 1. The number of rotatable bonds is 56. The minimum atomic E-state index is -1.93. The van der Waals surface area contributed by atoms with Crippen molar-refractivity contribution in [1.82, 2.24) is 0 Å². The van der Waals surface area contributed by atoms with E-state index in [9.17, 15) is 34.5 Å². The summed E-state index contributed by atoms with van der Waals surface area (Å²) in [6.07, 6.45) is 70.3. The van der Waals surface area contributed by atoms with Crippen molar-refractivity contribution in [3.8, 4) is 0 Å². The molecule has 6 atom stereocenters. The number of aliphatic hydroxyl groups excluding tert-OH is 2. The van der Waals surface area contributed by atoms with Gasteiger partial charge >= 0.3 is 23.9 Å². The summed E-state index contributed by atoms with van der Waals surface area (Å²) in [5, 5.41) is 31.6. The third-order valence-corrected chi connectivity index (χ3v) is 14.5. The summed E-state index contributed by atoms with van der Waals surface area (Å²) in [4.78, 5) is 51.4. The van der Waals surface area contributed by atoms with Gasteiger partial charge < -0.3 is 39.0 Å². The highest BCUT2D eigenvalue weighted by atomic mass is 16.7. The quantitative estimate of drug-likeness (QED) is 0.0228. The van der Waals surface area contributed by atoms with E-state index < -0.39 is 67.3 Å². The molecule has 0 bridgehead atoms. The van der Waals surface area contributed by atoms with Gasteiger partial charge in [0.25, 0.3) is 0 Å². The van der Waals surface area contributed by atoms with Crippen LogP contribution in [0.4, 0.5) is 0 Å². The van der Waals surface area contributed by atoms with Crippen molar-refractivity contribution in [2.75, 3.05) is 13.2 Å². The highest BCUT2D eigenvalue weighted by Crippen LogP contribution is 2.26. The molecule has 0 aromatic heterocycles. The summed E-state index contributed by atoms with van der Waals surface area (Å²) in [6, 6.07) is 0. The van der Waals surface area contributed by atoms with E-state index in [0.29, 0.717) is 19.3 Å². The van der Waals surface area contributed by atoms with Crippen molar-refractivity contribution >= 4 is 23.9 Å². The molecule has 1 fully saturated rings. The fraction of sp³-hybridized carbons (Fsp3) is 0.671. The number of aliphatic hydroxyl groups is 2. The summed E-state index contributed by atoms with van der Waals surface area (Å²) in [6.45, 7) is 5.72. The van der Waals surface area contributed by atoms with Crippen LogP contribution in [0.1, 0.15) is 265 Å². The minimum Gasteiger partial charge on any atom is -0.479 e. The Bertz CT molecular complexity index is 1940. The Morgan fingerprint density at radius 1 is 0.400 bits per heavy atom. The van der Waals surface area contributed by atoms with Gasteiger partial charge in [-0.15, -0.1) is 0 Å². The van der Waals surface area contributed by atoms with Crippen molar-refractivity contribution in [1.29, 1.82) is 0 Å². The Morgan fingerprint density at radius 3 is 1.18 bits per heavy atom. The van der Waals surface area contributed by atoms with Crippen LogP contribution >= 0.6 is 0 Å². The Balaban J connectivity index is 2.71. The molecule has 0 aromatic rings. The lowest BCUT2D eigenvalue weighted by Gasteiger charge is -2.40. The van der Waals surface area contributed by atoms with E-state index in [0.717, 1.165) is 109 Å². The number of hydrogen-bond acceptors (Lipinski definition) is 11. The van der Waals surface area contributed by atoms with Gasteiger partial charge in [0.05, 0.1) is 6.61 Å². The number of unbranched alkanes of at least 4 members (excludes halogenated alkanes) is 22. The van der Waals surface area contributed by atoms with E-state index in [-0.39, 0.29) is 25.9 Å². The molecule has 1 aliphatic rings. The maximum absolute atomic E-state index is 13.2. The summed E-state index contributed by atoms with van der Waals surface area (Å²) in [5.74, 6) is -3.26. The van der Waals surface area contributed by atoms with Gasteiger partial charge in [0.1, 0.15) is 18.8 Å². The molecule has 1 saturated heterocycles. The zero-order valence-corrected chi connectivity index (χ0v) is 53.3. The maximum atomic E-state index is 13.2. The summed E-state index contributed by atoms with van der Waals surface area (Å²) in [5.41, 5.74) is 0. The minimum absolute atomic E-state index is 0.0204. The van der Waals surface area contributed by atoms with Gasteiger partial charge in [0, 0.05) is 19.3 Å². The molecule has 0 radical (unpaired) electrons. The maximum Gasteiger partial charge on any atom is 0.335 e. The smallest absolute Gasteiger partial charge is 0.335 e. The van der Waals surface area contributed by atoms with Crippen molar-refractivity contribution in [3.05, 3.63) is 122 Å². The number of carboxylic acids is 1. The normalized spacial score (nSPS) is 18.2. The van der Waals surface area contributed by atoms with Gasteiger partial charge in [-0.05, 0) is 96.3 Å². The first kappa shape index (κ1) is 78.1. The number of carbonyl (C=O) groups excluding carboxylic acids is 3. The first-order valence-corrected chi connectivity index (χ1v) is 33.5. The van der Waals surface area contributed by atoms with E-state index in [1.807, 2.05) is 12.2 Å². The lowest BCUT2D eigenvalue weighted by molar-refractivity contribution is -0.301. The summed E-state index contributed by atoms with van der Waals surface area (Å²) >= 11 is 0. The predicted molar refractivity (Wildman–Crippen MR) is 349 cm³/mol. The lowest BCUT2D eigenvalue weighted by atomic mass is 9.98. The zero-order chi connectivity index (χ0) is 61.7. The van der Waals surface area contributed by atoms with Gasteiger partial charge in [0.2, 0.25) is 0 Å². The van der Waals surface area contributed by atoms with Gasteiger partial charge in [-0.2, -0.15) is 0 Å². The molecule has 1 rings (SSSR count). The Morgan fingerprint density at radius 2 is 0.765 bits per heavy atom. The third-order valence-electron chi connectivity index (χ3n) is 14.5. The molecule has 0 saturated carbocycles. The Kier molecular flexibility index (Phi) is 54.6. The van der Waals surface area contributed by atoms with E-state index in [1.165, 1.54) is 96.3 Å². The second-order valence-electron chi connectivity index (χ2n) is 22.3. The van der Waals surface area contributed by atoms with Crippen LogP contribution in [0.3, 0.4) is 0 Å². The van der Waals surface area contributed by atoms with Gasteiger partial charge in [-0.1, -0.05) is 271 Å². The number of allylic oxidation sites excluding steroid dienone is 20. The fourth-order valence-electron chi connectivity index (χ4n) is 9.50. The summed E-state index contributed by atoms with van der Waals surface area (Å²) < 4.78 is 28.5. The van der Waals surface area contributed by atoms with Gasteiger partial charge in [-0.3, -0.25) is 14.4 Å². The molecule has 3 N–H and O–H groups in total. The van der Waals surface area contributed by atoms with E-state index in [4.69, 9.17) is 23.7 Å². The number of esters is 3. The van der Waals surface area contributed by atoms with Crippen molar-refractivity contribution in [2.24, 2.45) is 0 Å². The standard InChI is InChI=1S/C73H118O12/c1-4-7-10-13-16-19-22-25-28-31-33-36-38-41-44-47-50-53-56-59-65(74)81-62-64(83-66(75)60-57-54-51-48-45-42-40-37-34-32-29-26-23-20-17-14-11-8-5-2)63-82-73-71(69(78)68(77)70(85-73)72(79)80)84-67(76)61-58-55-52-49-46-43-39-35-30-27-24-21-18-15-12-9-6-3/h7,9-10,12,16,18-19,21,25,27-28,30,33,36,39,41,43-44,50,53,64,68-71,73,77-78H,4-6,8,11,13-15,17,20,22-24,26,29,31-32,34-35,37-38,40,42,45-49,51-52,54-63H2,1-3H3,(H,79,80)/b10-7-,12-9-,19-16-,21-18-,28-25-,30-27-,36-33-,43-39-,44-41-,53-50-. The second-order valence-corrected chi connectivity index (χ2v) is 22.3. The number of carbonyl (C=O) groups is 4. The van der Waals surface area contributed by atoms with Crippen molar-refractivity contribution in [2.45, 2.75) is 302 Å². The van der Waals surface area contributed by atoms with Gasteiger partial charge in [-0.25, -0.2) is 4.79 Å². The molecule has 1 heterocycles. The molecule has 12 nitrogen and oxygen atoms in total. The molecule has 6 unspecified atom stereocenters. The van der Waals surface area contributed by atoms with Crippen LogP contribution in [-0.4, -0.2) is 89.2 Å². The molecule has 0 spiro atoms. The SMILES string of the molecule is CC/C=C\C/C=C\C/C=C\C/C=C\C/C=C\C/C=C\CCC(=O)OCC(COC1OC(C(=O)O)C(O)C(O)C1OC(=O)CCCCCC/C=C\C/C=C\C/C=C\C/C=C\CC)OC(=O)CCCCCCCCCCCCCCCCCCCCC. The molecule has 1 aliphatic heterocycles. The summed E-state index contributed by atoms with van der Waals surface area (Å²) in [7, 11) is 0. The molecule has 0 amide bonds. The zero-order valence-electron chi connectivity index (χ0n) is 53.3. The third kappa shape index (κ3) is 48.9. The van der Waals surface area contributed by atoms with Crippen LogP contribution in [0.5, 0.6) is 0 Å². The molecular formula is C73H118O12. The van der Waals surface area contributed by atoms with E-state index in [2.05, 4.69) is 130 Å². The molecule has 482 valence electrons. The highest BCUT2D eigenvalue weighted by Gasteiger charge is 2.50. The van der Waals surface area contributed by atoms with Crippen molar-refractivity contribution < 1.29 is 58.2 Å². The Labute approximate surface area is 516 Å². The number of ether oxygens (including phenoxy) is 5. The average Bonchev–Trinajstić information content (AvgIpc) is 3.46. The highest BCUT2D eigenvalue weighted by molar-refractivity contribution is 5.74. The van der Waals surface area contributed by atoms with Crippen LogP contribution < -0.4 is 0 Å². The predicted octanol–water partition coefficient (Wildman–Crippen LogP) is 18.3. The second kappa shape index (κ2) is 59.5. The number of hydrogen-bond donors (Lipinski definition) is 3. The first-order valence-electron chi connectivity index (χ1n) is 33.5.